The Morgan fingerprint density at radius 1 is 0.679 bits per heavy atom. The highest BCUT2D eigenvalue weighted by Gasteiger charge is 2.43. The average molecular weight is 386 g/mol. The van der Waals surface area contributed by atoms with Gasteiger partial charge in [0.1, 0.15) is 11.9 Å². The molecule has 3 rings (SSSR count). The van der Waals surface area contributed by atoms with Gasteiger partial charge in [0.2, 0.25) is 0 Å². The van der Waals surface area contributed by atoms with Crippen LogP contribution in [0.3, 0.4) is 0 Å². The molecule has 0 radical (unpaired) electrons. The fourth-order valence-corrected chi connectivity index (χ4v) is 3.27. The lowest BCUT2D eigenvalue weighted by atomic mass is 9.69. The molecule has 28 heavy (non-hydrogen) atoms. The molecule has 1 heterocycles. The van der Waals surface area contributed by atoms with Crippen molar-refractivity contribution in [2.24, 2.45) is 5.41 Å². The van der Waals surface area contributed by atoms with E-state index < -0.39 is 22.8 Å². The number of alkyl halides is 3. The second-order valence-corrected chi connectivity index (χ2v) is 7.74. The molecular weight excluding hydrogens is 365 g/mol. The van der Waals surface area contributed by atoms with Gasteiger partial charge in [-0.25, -0.2) is 9.97 Å². The summed E-state index contributed by atoms with van der Waals surface area (Å²) in [6, 6.07) is 12.2. The summed E-state index contributed by atoms with van der Waals surface area (Å²) >= 11 is 0. The van der Waals surface area contributed by atoms with Gasteiger partial charge >= 0.3 is 6.18 Å². The Morgan fingerprint density at radius 2 is 1.11 bits per heavy atom. The molecule has 0 saturated carbocycles. The summed E-state index contributed by atoms with van der Waals surface area (Å²) in [5.74, 6) is 0. The second-order valence-electron chi connectivity index (χ2n) is 7.74. The molecule has 0 spiro atoms. The lowest BCUT2D eigenvalue weighted by Gasteiger charge is -2.40. The van der Waals surface area contributed by atoms with Gasteiger partial charge in [0.25, 0.3) is 0 Å². The number of hydrogen-bond acceptors (Lipinski definition) is 3. The van der Waals surface area contributed by atoms with Crippen molar-refractivity contribution >= 4 is 0 Å². The number of nitrogens with zero attached hydrogens (tertiary/aromatic N) is 2. The van der Waals surface area contributed by atoms with Gasteiger partial charge in [-0.05, 0) is 34.2 Å². The molecular formula is C22H21F3N2O. The second kappa shape index (κ2) is 7.02. The third kappa shape index (κ3) is 3.64. The van der Waals surface area contributed by atoms with Crippen LogP contribution in [0.1, 0.15) is 37.5 Å². The molecule has 0 amide bonds. The molecule has 0 bridgehead atoms. The summed E-state index contributed by atoms with van der Waals surface area (Å²) in [5.41, 5.74) is 0.106. The van der Waals surface area contributed by atoms with E-state index in [-0.39, 0.29) is 0 Å². The van der Waals surface area contributed by atoms with E-state index in [1.807, 2.05) is 20.8 Å². The number of aliphatic hydroxyl groups is 1. The van der Waals surface area contributed by atoms with Crippen LogP contribution in [0.25, 0.3) is 11.1 Å². The van der Waals surface area contributed by atoms with Gasteiger partial charge in [-0.2, -0.15) is 13.2 Å². The molecule has 1 atom stereocenters. The van der Waals surface area contributed by atoms with Crippen molar-refractivity contribution < 1.29 is 18.3 Å². The van der Waals surface area contributed by atoms with Gasteiger partial charge in [0, 0.05) is 18.0 Å². The number of halogens is 3. The smallest absolute Gasteiger partial charge is 0.380 e. The van der Waals surface area contributed by atoms with Crippen molar-refractivity contribution in [3.05, 3.63) is 83.9 Å². The Labute approximate surface area is 161 Å². The van der Waals surface area contributed by atoms with E-state index in [9.17, 15) is 18.3 Å². The van der Waals surface area contributed by atoms with E-state index in [2.05, 4.69) is 9.97 Å². The highest BCUT2D eigenvalue weighted by atomic mass is 19.4. The summed E-state index contributed by atoms with van der Waals surface area (Å²) in [7, 11) is 0. The fraction of sp³-hybridized carbons (Fsp3) is 0.273. The van der Waals surface area contributed by atoms with E-state index in [0.29, 0.717) is 16.7 Å². The first-order valence-corrected chi connectivity index (χ1v) is 8.79. The lowest BCUT2D eigenvalue weighted by Crippen LogP contribution is -2.41. The number of benzene rings is 2. The van der Waals surface area contributed by atoms with Crippen molar-refractivity contribution in [3.63, 3.8) is 0 Å². The fourth-order valence-electron chi connectivity index (χ4n) is 3.27. The summed E-state index contributed by atoms with van der Waals surface area (Å²) in [6.45, 7) is 5.76. The minimum atomic E-state index is -4.36. The summed E-state index contributed by atoms with van der Waals surface area (Å²) in [4.78, 5) is 8.04. The molecule has 6 heteroatoms. The molecule has 0 aliphatic rings. The third-order valence-electron chi connectivity index (χ3n) is 4.91. The van der Waals surface area contributed by atoms with Gasteiger partial charge in [-0.15, -0.1) is 0 Å². The first-order valence-electron chi connectivity index (χ1n) is 8.79. The Balaban J connectivity index is 1.99. The van der Waals surface area contributed by atoms with Crippen molar-refractivity contribution in [2.45, 2.75) is 32.5 Å². The van der Waals surface area contributed by atoms with Gasteiger partial charge in [0.15, 0.2) is 0 Å². The van der Waals surface area contributed by atoms with Crippen molar-refractivity contribution in [1.29, 1.82) is 0 Å². The van der Waals surface area contributed by atoms with E-state index in [1.54, 1.807) is 36.7 Å². The van der Waals surface area contributed by atoms with Crippen molar-refractivity contribution in [1.82, 2.24) is 9.97 Å². The van der Waals surface area contributed by atoms with E-state index in [0.717, 1.165) is 17.7 Å². The molecule has 1 unspecified atom stereocenters. The molecule has 1 aromatic heterocycles. The molecule has 0 fully saturated rings. The van der Waals surface area contributed by atoms with Crippen LogP contribution in [-0.4, -0.2) is 15.1 Å². The maximum Gasteiger partial charge on any atom is 0.416 e. The number of rotatable bonds is 3. The van der Waals surface area contributed by atoms with E-state index in [1.165, 1.54) is 18.5 Å². The van der Waals surface area contributed by atoms with Crippen molar-refractivity contribution in [3.8, 4) is 11.1 Å². The Kier molecular flexibility index (Phi) is 5.02. The predicted octanol–water partition coefficient (Wildman–Crippen LogP) is 5.44. The molecule has 3 aromatic rings. The van der Waals surface area contributed by atoms with Crippen LogP contribution in [0.2, 0.25) is 0 Å². The van der Waals surface area contributed by atoms with Crippen molar-refractivity contribution in [2.75, 3.05) is 0 Å². The highest BCUT2D eigenvalue weighted by Crippen LogP contribution is 2.44. The van der Waals surface area contributed by atoms with Gasteiger partial charge in [0.05, 0.1) is 5.56 Å². The lowest BCUT2D eigenvalue weighted by molar-refractivity contribution is -0.137. The van der Waals surface area contributed by atoms with Crippen LogP contribution in [-0.2, 0) is 11.8 Å². The Hall–Kier alpha value is -2.73. The SMILES string of the molecule is CC(C)(C)C(O)(c1ccc(-c2ccc(C(F)(F)F)cc2)cc1)c1cncnc1. The van der Waals surface area contributed by atoms with Crippen LogP contribution in [0.15, 0.2) is 67.3 Å². The van der Waals surface area contributed by atoms with Crippen LogP contribution < -0.4 is 0 Å². The number of aromatic nitrogens is 2. The zero-order valence-electron chi connectivity index (χ0n) is 15.8. The summed E-state index contributed by atoms with van der Waals surface area (Å²) in [6.07, 6.45) is 0.216. The zero-order valence-corrected chi connectivity index (χ0v) is 15.8. The van der Waals surface area contributed by atoms with Crippen LogP contribution in [0.4, 0.5) is 13.2 Å². The monoisotopic (exact) mass is 386 g/mol. The highest BCUT2D eigenvalue weighted by molar-refractivity contribution is 5.64. The largest absolute Gasteiger partial charge is 0.416 e. The summed E-state index contributed by atoms with van der Waals surface area (Å²) in [5, 5.41) is 11.6. The molecule has 146 valence electrons. The number of hydrogen-bond donors (Lipinski definition) is 1. The molecule has 0 aliphatic heterocycles. The zero-order chi connectivity index (χ0) is 20.6. The van der Waals surface area contributed by atoms with Crippen LogP contribution in [0, 0.1) is 5.41 Å². The van der Waals surface area contributed by atoms with E-state index >= 15 is 0 Å². The molecule has 0 aliphatic carbocycles. The van der Waals surface area contributed by atoms with Crippen LogP contribution >= 0.6 is 0 Å². The minimum Gasteiger partial charge on any atom is -0.380 e. The predicted molar refractivity (Wildman–Crippen MR) is 101 cm³/mol. The third-order valence-corrected chi connectivity index (χ3v) is 4.91. The molecule has 3 nitrogen and oxygen atoms in total. The maximum absolute atomic E-state index is 12.7. The summed E-state index contributed by atoms with van der Waals surface area (Å²) < 4.78 is 38.2. The average Bonchev–Trinajstić information content (AvgIpc) is 2.67. The van der Waals surface area contributed by atoms with Gasteiger partial charge in [-0.3, -0.25) is 0 Å². The maximum atomic E-state index is 12.7. The van der Waals surface area contributed by atoms with Gasteiger partial charge < -0.3 is 5.11 Å². The Bertz CT molecular complexity index is 931. The topological polar surface area (TPSA) is 46.0 Å². The molecule has 2 aromatic carbocycles. The van der Waals surface area contributed by atoms with Gasteiger partial charge in [-0.1, -0.05) is 57.2 Å². The van der Waals surface area contributed by atoms with E-state index in [4.69, 9.17) is 0 Å². The normalized spacial score (nSPS) is 14.5. The molecule has 1 N–H and O–H groups in total. The first-order chi connectivity index (χ1) is 13.0. The quantitative estimate of drug-likeness (QED) is 0.652. The minimum absolute atomic E-state index is 0.548. The standard InChI is InChI=1S/C22H21F3N2O/c1-20(2,3)21(28,19-12-26-14-27-13-19)17-8-4-15(5-9-17)16-6-10-18(11-7-16)22(23,24)25/h4-14,28H,1-3H3. The molecule has 0 saturated heterocycles. The van der Waals surface area contributed by atoms with Crippen LogP contribution in [0.5, 0.6) is 0 Å². The Morgan fingerprint density at radius 3 is 1.50 bits per heavy atom. The first kappa shape index (κ1) is 20.0.